The number of aliphatic hydroxyl groups excluding tert-OH is 1. The van der Waals surface area contributed by atoms with Gasteiger partial charge < -0.3 is 19.3 Å². The molecule has 1 aliphatic heterocycles. The van der Waals surface area contributed by atoms with E-state index in [0.29, 0.717) is 6.61 Å². The highest BCUT2D eigenvalue weighted by atomic mass is 16.5. The zero-order valence-corrected chi connectivity index (χ0v) is 9.04. The number of ether oxygens (including phenoxy) is 1. The molecular weight excluding hydrogens is 208 g/mol. The molecule has 0 saturated heterocycles. The van der Waals surface area contributed by atoms with Gasteiger partial charge in [0.05, 0.1) is 6.61 Å². The topological polar surface area (TPSA) is 54.7 Å². The first-order chi connectivity index (χ1) is 7.72. The molecule has 5 heteroatoms. The lowest BCUT2D eigenvalue weighted by Crippen LogP contribution is -2.35. The third kappa shape index (κ3) is 1.94. The molecule has 0 aromatic carbocycles. The normalized spacial score (nSPS) is 18.4. The van der Waals surface area contributed by atoms with Crippen molar-refractivity contribution in [1.29, 1.82) is 0 Å². The van der Waals surface area contributed by atoms with Gasteiger partial charge in [-0.3, -0.25) is 4.79 Å². The highest BCUT2D eigenvalue weighted by Gasteiger charge is 2.21. The van der Waals surface area contributed by atoms with Gasteiger partial charge in [0.1, 0.15) is 6.54 Å². The molecule has 1 aliphatic rings. The molecule has 1 atom stereocenters. The van der Waals surface area contributed by atoms with Crippen molar-refractivity contribution < 1.29 is 14.6 Å². The zero-order valence-electron chi connectivity index (χ0n) is 9.04. The number of hydrogen-bond acceptors (Lipinski definition) is 4. The summed E-state index contributed by atoms with van der Waals surface area (Å²) < 4.78 is 6.51. The molecule has 0 saturated carbocycles. The average molecular weight is 222 g/mol. The van der Waals surface area contributed by atoms with Gasteiger partial charge in [0, 0.05) is 18.1 Å². The number of rotatable bonds is 3. The summed E-state index contributed by atoms with van der Waals surface area (Å²) in [5.41, 5.74) is 0.910. The Morgan fingerprint density at radius 2 is 2.44 bits per heavy atom. The molecule has 0 amide bonds. The molecule has 86 valence electrons. The Kier molecular flexibility index (Phi) is 2.96. The van der Waals surface area contributed by atoms with Crippen LogP contribution in [0.3, 0.4) is 0 Å². The first-order valence-electron chi connectivity index (χ1n) is 5.17. The third-order valence-corrected chi connectivity index (χ3v) is 2.41. The molecule has 0 radical (unpaired) electrons. The maximum absolute atomic E-state index is 11.3. The van der Waals surface area contributed by atoms with Crippen LogP contribution in [0.15, 0.2) is 24.5 Å². The summed E-state index contributed by atoms with van der Waals surface area (Å²) in [4.78, 5) is 12.8. The van der Waals surface area contributed by atoms with Crippen LogP contribution in [0.1, 0.15) is 19.0 Å². The van der Waals surface area contributed by atoms with Crippen molar-refractivity contribution in [3.05, 3.63) is 30.2 Å². The van der Waals surface area contributed by atoms with Crippen molar-refractivity contribution in [2.75, 3.05) is 13.2 Å². The van der Waals surface area contributed by atoms with Gasteiger partial charge in [-0.2, -0.15) is 0 Å². The summed E-state index contributed by atoms with van der Waals surface area (Å²) in [5, 5.41) is 9.96. The Labute approximate surface area is 93.5 Å². The van der Waals surface area contributed by atoms with Crippen LogP contribution in [0.2, 0.25) is 0 Å². The summed E-state index contributed by atoms with van der Waals surface area (Å²) in [6, 6.07) is 3.73. The van der Waals surface area contributed by atoms with Gasteiger partial charge in [-0.25, -0.2) is 0 Å². The minimum absolute atomic E-state index is 0.0448. The predicted molar refractivity (Wildman–Crippen MR) is 58.1 cm³/mol. The molecule has 1 N–H and O–H groups in total. The minimum atomic E-state index is -0.848. The number of nitrogens with zero attached hydrogens (tertiary/aromatic N) is 2. The molecule has 0 fully saturated rings. The second-order valence-electron chi connectivity index (χ2n) is 3.48. The van der Waals surface area contributed by atoms with Crippen LogP contribution >= 0.6 is 0 Å². The molecular formula is C11H14N2O3. The Morgan fingerprint density at radius 1 is 1.62 bits per heavy atom. The molecule has 16 heavy (non-hydrogen) atoms. The van der Waals surface area contributed by atoms with Gasteiger partial charge in [-0.05, 0) is 25.1 Å². The first-order valence-corrected chi connectivity index (χ1v) is 5.17. The number of carbonyl (C=O) groups excluding carboxylic acids is 1. The molecule has 1 aromatic rings. The van der Waals surface area contributed by atoms with E-state index in [0.717, 1.165) is 5.69 Å². The van der Waals surface area contributed by atoms with Crippen molar-refractivity contribution in [3.8, 4) is 0 Å². The van der Waals surface area contributed by atoms with Gasteiger partial charge >= 0.3 is 5.97 Å². The quantitative estimate of drug-likeness (QED) is 0.768. The average Bonchev–Trinajstić information content (AvgIpc) is 2.71. The number of fused-ring (bicyclic) bond motifs is 1. The van der Waals surface area contributed by atoms with E-state index < -0.39 is 6.35 Å². The smallest absolute Gasteiger partial charge is 0.325 e. The van der Waals surface area contributed by atoms with E-state index in [1.54, 1.807) is 23.9 Å². The lowest BCUT2D eigenvalue weighted by Gasteiger charge is -2.30. The van der Waals surface area contributed by atoms with Crippen molar-refractivity contribution in [3.63, 3.8) is 0 Å². The van der Waals surface area contributed by atoms with E-state index in [9.17, 15) is 9.90 Å². The molecule has 1 aromatic heterocycles. The fourth-order valence-electron chi connectivity index (χ4n) is 1.66. The molecule has 0 aliphatic carbocycles. The number of aliphatic hydroxyl groups is 1. The van der Waals surface area contributed by atoms with Crippen LogP contribution in [0.25, 0.3) is 6.08 Å². The summed E-state index contributed by atoms with van der Waals surface area (Å²) >= 11 is 0. The largest absolute Gasteiger partial charge is 0.465 e. The standard InChI is InChI=1S/C11H14N2O3/c1-2-16-10(14)8-12-7-5-9-4-3-6-13(9)11(12)15/h3-7,11,15H,2,8H2,1H3. The van der Waals surface area contributed by atoms with Crippen molar-refractivity contribution in [2.24, 2.45) is 0 Å². The van der Waals surface area contributed by atoms with Crippen molar-refractivity contribution >= 4 is 12.0 Å². The molecule has 1 unspecified atom stereocenters. The lowest BCUT2D eigenvalue weighted by atomic mass is 10.3. The van der Waals surface area contributed by atoms with E-state index >= 15 is 0 Å². The van der Waals surface area contributed by atoms with Crippen LogP contribution in [0.4, 0.5) is 0 Å². The zero-order chi connectivity index (χ0) is 11.5. The van der Waals surface area contributed by atoms with Gasteiger partial charge in [-0.1, -0.05) is 0 Å². The maximum atomic E-state index is 11.3. The second kappa shape index (κ2) is 4.40. The van der Waals surface area contributed by atoms with E-state index in [1.165, 1.54) is 4.90 Å². The molecule has 2 heterocycles. The number of carbonyl (C=O) groups is 1. The van der Waals surface area contributed by atoms with Crippen LogP contribution in [-0.4, -0.2) is 33.7 Å². The van der Waals surface area contributed by atoms with Crippen molar-refractivity contribution in [1.82, 2.24) is 9.47 Å². The van der Waals surface area contributed by atoms with Gasteiger partial charge in [-0.15, -0.1) is 0 Å². The predicted octanol–water partition coefficient (Wildman–Crippen LogP) is 0.786. The minimum Gasteiger partial charge on any atom is -0.465 e. The SMILES string of the molecule is CCOC(=O)CN1C=Cc2cccn2C1O. The molecule has 5 nitrogen and oxygen atoms in total. The summed E-state index contributed by atoms with van der Waals surface area (Å²) in [6.07, 6.45) is 4.45. The fraction of sp³-hybridized carbons (Fsp3) is 0.364. The fourth-order valence-corrected chi connectivity index (χ4v) is 1.66. The third-order valence-electron chi connectivity index (χ3n) is 2.41. The Balaban J connectivity index is 2.06. The highest BCUT2D eigenvalue weighted by Crippen LogP contribution is 2.21. The number of aromatic nitrogens is 1. The molecule has 0 spiro atoms. The second-order valence-corrected chi connectivity index (χ2v) is 3.48. The Bertz CT molecular complexity index is 411. The van der Waals surface area contributed by atoms with Crippen LogP contribution in [-0.2, 0) is 9.53 Å². The van der Waals surface area contributed by atoms with E-state index in [4.69, 9.17) is 4.74 Å². The van der Waals surface area contributed by atoms with Gasteiger partial charge in [0.2, 0.25) is 6.35 Å². The number of esters is 1. The number of hydrogen-bond donors (Lipinski definition) is 1. The van der Waals surface area contributed by atoms with Crippen molar-refractivity contribution in [2.45, 2.75) is 13.3 Å². The Morgan fingerprint density at radius 3 is 3.19 bits per heavy atom. The van der Waals surface area contributed by atoms with Gasteiger partial charge in [0.25, 0.3) is 0 Å². The first kappa shape index (κ1) is 10.8. The van der Waals surface area contributed by atoms with Crippen LogP contribution < -0.4 is 0 Å². The Hall–Kier alpha value is -1.75. The highest BCUT2D eigenvalue weighted by molar-refractivity contribution is 5.72. The van der Waals surface area contributed by atoms with E-state index in [1.807, 2.05) is 18.2 Å². The van der Waals surface area contributed by atoms with E-state index in [-0.39, 0.29) is 12.5 Å². The maximum Gasteiger partial charge on any atom is 0.325 e. The summed E-state index contributed by atoms with van der Waals surface area (Å²) in [6.45, 7) is 2.15. The summed E-state index contributed by atoms with van der Waals surface area (Å²) in [5.74, 6) is -0.346. The van der Waals surface area contributed by atoms with Crippen LogP contribution in [0.5, 0.6) is 0 Å². The molecule has 0 bridgehead atoms. The van der Waals surface area contributed by atoms with Crippen LogP contribution in [0, 0.1) is 0 Å². The molecule has 2 rings (SSSR count). The lowest BCUT2D eigenvalue weighted by molar-refractivity contribution is -0.147. The van der Waals surface area contributed by atoms with Gasteiger partial charge in [0.15, 0.2) is 0 Å². The van der Waals surface area contributed by atoms with E-state index in [2.05, 4.69) is 0 Å². The summed E-state index contributed by atoms with van der Waals surface area (Å²) in [7, 11) is 0. The monoisotopic (exact) mass is 222 g/mol.